The van der Waals surface area contributed by atoms with Crippen LogP contribution in [0.1, 0.15) is 61.3 Å². The average molecular weight is 815 g/mol. The van der Waals surface area contributed by atoms with Gasteiger partial charge in [-0.2, -0.15) is 13.2 Å². The molecule has 52 heavy (non-hydrogen) atoms. The Morgan fingerprint density at radius 1 is 0.731 bits per heavy atom. The Labute approximate surface area is 317 Å². The minimum absolute atomic E-state index is 0. The summed E-state index contributed by atoms with van der Waals surface area (Å²) in [6.07, 6.45) is -4.15. The van der Waals surface area contributed by atoms with Crippen LogP contribution in [0.15, 0.2) is 30.0 Å². The van der Waals surface area contributed by atoms with Gasteiger partial charge in [-0.05, 0) is 72.1 Å². The molecule has 0 amide bonds. The Balaban J connectivity index is 0.000000988. The number of azo groups is 2. The predicted octanol–water partition coefficient (Wildman–Crippen LogP) is 6.23. The zero-order valence-corrected chi connectivity index (χ0v) is 32.3. The molecule has 0 radical (unpaired) electrons. The fourth-order valence-corrected chi connectivity index (χ4v) is 5.13. The Morgan fingerprint density at radius 2 is 1.06 bits per heavy atom. The summed E-state index contributed by atoms with van der Waals surface area (Å²) in [7, 11) is 0. The molecular weight excluding hydrogens is 773 g/mol. The second-order valence-electron chi connectivity index (χ2n) is 10.2. The second-order valence-corrected chi connectivity index (χ2v) is 11.0. The molecular formula is C28H41F3FeN14O4S2. The van der Waals surface area contributed by atoms with E-state index in [2.05, 4.69) is 20.5 Å². The minimum Gasteiger partial charge on any atom is -0.493 e. The first-order valence-electron chi connectivity index (χ1n) is 15.6. The first-order chi connectivity index (χ1) is 23.8. The zero-order chi connectivity index (χ0) is 39.4. The molecule has 0 aromatic carbocycles. The first-order valence-corrected chi connectivity index (χ1v) is 16.5. The molecule has 18 nitrogen and oxygen atoms in total. The van der Waals surface area contributed by atoms with Gasteiger partial charge in [0, 0.05) is 43.9 Å². The van der Waals surface area contributed by atoms with Crippen molar-refractivity contribution in [2.75, 3.05) is 13.1 Å². The van der Waals surface area contributed by atoms with Gasteiger partial charge in [0.25, 0.3) is 11.1 Å². The van der Waals surface area contributed by atoms with Gasteiger partial charge in [0.15, 0.2) is 26.8 Å². The first kappa shape index (κ1) is 47.6. The molecule has 2 aromatic heterocycles. The summed E-state index contributed by atoms with van der Waals surface area (Å²) in [5.41, 5.74) is -2.30. The van der Waals surface area contributed by atoms with Crippen LogP contribution in [0.2, 0.25) is 0 Å². The zero-order valence-electron chi connectivity index (χ0n) is 29.5. The third-order valence-electron chi connectivity index (χ3n) is 6.82. The van der Waals surface area contributed by atoms with E-state index in [-0.39, 0.29) is 69.1 Å². The predicted molar refractivity (Wildman–Crippen MR) is 192 cm³/mol. The monoisotopic (exact) mass is 814 g/mol. The van der Waals surface area contributed by atoms with E-state index in [1.807, 2.05) is 6.92 Å². The number of amidine groups is 2. The van der Waals surface area contributed by atoms with Crippen LogP contribution < -0.4 is 11.1 Å². The maximum atomic E-state index is 12.7. The molecule has 0 aliphatic heterocycles. The number of guanidine groups is 2. The van der Waals surface area contributed by atoms with E-state index < -0.39 is 52.5 Å². The van der Waals surface area contributed by atoms with Gasteiger partial charge in [-0.3, -0.25) is 43.5 Å². The van der Waals surface area contributed by atoms with Gasteiger partial charge < -0.3 is 36.2 Å². The van der Waals surface area contributed by atoms with Crippen molar-refractivity contribution >= 4 is 59.4 Å². The number of hydrogen-bond donors (Lipinski definition) is 4. The molecule has 0 spiro atoms. The van der Waals surface area contributed by atoms with Gasteiger partial charge in [-0.25, -0.2) is 10.2 Å². The Morgan fingerprint density at radius 3 is 1.35 bits per heavy atom. The average Bonchev–Trinajstić information content (AvgIpc) is 3.06. The number of halogens is 3. The van der Waals surface area contributed by atoms with Crippen LogP contribution in [0.5, 0.6) is 11.8 Å². The molecule has 0 bridgehead atoms. The SMILES string of the molecule is CCCN(C(=[N-])N=Nc1c(O)n(CC)c(=S)n(CC)c1=O)C(=N)C(F)(F)F.CCCN(C(=[N-])N=Nc1c(O)n(CC)c(=S)n(CC)c1=O)C(C)=N.[Fe+2]. The van der Waals surface area contributed by atoms with Crippen LogP contribution in [0.3, 0.4) is 0 Å². The van der Waals surface area contributed by atoms with Gasteiger partial charge in [-0.1, -0.05) is 26.7 Å². The molecule has 0 atom stereocenters. The fraction of sp³-hybridized carbons (Fsp3) is 0.571. The summed E-state index contributed by atoms with van der Waals surface area (Å²) < 4.78 is 43.4. The number of nitrogens with one attached hydrogen (secondary N) is 2. The molecule has 2 heterocycles. The van der Waals surface area contributed by atoms with Gasteiger partial charge in [-0.15, -0.1) is 0 Å². The van der Waals surface area contributed by atoms with Gasteiger partial charge in [0.2, 0.25) is 11.8 Å². The molecule has 0 saturated heterocycles. The fourth-order valence-electron chi connectivity index (χ4n) is 4.28. The summed E-state index contributed by atoms with van der Waals surface area (Å²) in [5, 5.41) is 68.9. The van der Waals surface area contributed by atoms with E-state index in [0.29, 0.717) is 26.1 Å². The van der Waals surface area contributed by atoms with Gasteiger partial charge >= 0.3 is 23.2 Å². The smallest absolute Gasteiger partial charge is 0.493 e. The van der Waals surface area contributed by atoms with Crippen molar-refractivity contribution in [1.29, 1.82) is 10.8 Å². The topological polar surface area (TPSA) is 243 Å². The van der Waals surface area contributed by atoms with Crippen molar-refractivity contribution in [3.63, 3.8) is 0 Å². The number of aromatic nitrogens is 4. The standard InChI is InChI=1S/C14H19F3N7O2S.C14H22N7O2S.Fe/c1-4-7-24(11(18)14(15,16)17)12(19)21-20-8-9(25)22(5-2)13(27)23(6-3)10(8)26;1-5-8-21(9(4)15)13(16)18-17-10-11(22)19(6-2)14(24)20(7-3)12(10)23;/h18,25H,4-7H2,1-3H3;15,22H,5-8H2,1-4H3;/q2*-1;+2. The number of aromatic hydroxyl groups is 2. The van der Waals surface area contributed by atoms with Crippen LogP contribution in [0.4, 0.5) is 24.5 Å². The Hall–Kier alpha value is -4.41. The number of hydrogen-bond acceptors (Lipinski definition) is 10. The summed E-state index contributed by atoms with van der Waals surface area (Å²) in [5.74, 6) is -4.51. The van der Waals surface area contributed by atoms with E-state index in [1.165, 1.54) is 25.5 Å². The third-order valence-corrected chi connectivity index (χ3v) is 7.70. The molecule has 0 aliphatic rings. The van der Waals surface area contributed by atoms with E-state index in [1.54, 1.807) is 34.6 Å². The maximum Gasteiger partial charge on any atom is 2.00 e. The summed E-state index contributed by atoms with van der Waals surface area (Å²) >= 11 is 10.3. The van der Waals surface area contributed by atoms with Crippen LogP contribution >= 0.6 is 24.4 Å². The number of alkyl halides is 3. The van der Waals surface area contributed by atoms with Gasteiger partial charge in [0.05, 0.1) is 0 Å². The van der Waals surface area contributed by atoms with E-state index in [4.69, 9.17) is 35.3 Å². The molecule has 2 rings (SSSR count). The van der Waals surface area contributed by atoms with Crippen molar-refractivity contribution in [3.05, 3.63) is 41.1 Å². The largest absolute Gasteiger partial charge is 2.00 e. The summed E-state index contributed by atoms with van der Waals surface area (Å²) in [6, 6.07) is 0. The summed E-state index contributed by atoms with van der Waals surface area (Å²) in [4.78, 5) is 26.2. The van der Waals surface area contributed by atoms with Crippen molar-refractivity contribution in [3.8, 4) is 11.8 Å². The third kappa shape index (κ3) is 11.3. The van der Waals surface area contributed by atoms with Crippen LogP contribution in [-0.4, -0.2) is 81.1 Å². The normalized spacial score (nSPS) is 11.2. The number of nitrogens with zero attached hydrogens (tertiary/aromatic N) is 12. The number of rotatable bonds is 10. The molecule has 0 saturated carbocycles. The van der Waals surface area contributed by atoms with Crippen molar-refractivity contribution in [2.24, 2.45) is 20.5 Å². The van der Waals surface area contributed by atoms with Crippen LogP contribution in [-0.2, 0) is 43.2 Å². The molecule has 0 fully saturated rings. The minimum atomic E-state index is -5.01. The maximum absolute atomic E-state index is 12.7. The van der Waals surface area contributed by atoms with E-state index >= 15 is 0 Å². The second kappa shape index (κ2) is 21.2. The van der Waals surface area contributed by atoms with Crippen molar-refractivity contribution in [1.82, 2.24) is 28.1 Å². The van der Waals surface area contributed by atoms with Crippen LogP contribution in [0.25, 0.3) is 10.8 Å². The van der Waals surface area contributed by atoms with E-state index in [9.17, 15) is 43.8 Å². The van der Waals surface area contributed by atoms with Crippen molar-refractivity contribution in [2.45, 2.75) is 93.7 Å². The molecule has 4 N–H and O–H groups in total. The molecule has 0 unspecified atom stereocenters. The quantitative estimate of drug-likeness (QED) is 0.0703. The van der Waals surface area contributed by atoms with Gasteiger partial charge in [0.1, 0.15) is 0 Å². The Bertz CT molecular complexity index is 1940. The molecule has 0 aliphatic carbocycles. The molecule has 288 valence electrons. The Kier molecular flexibility index (Phi) is 19.4. The van der Waals surface area contributed by atoms with Crippen molar-refractivity contribution < 1.29 is 40.5 Å². The summed E-state index contributed by atoms with van der Waals surface area (Å²) in [6.45, 7) is 12.8. The van der Waals surface area contributed by atoms with Crippen LogP contribution in [0, 0.1) is 20.4 Å². The molecule has 24 heteroatoms. The molecule has 2 aromatic rings. The van der Waals surface area contributed by atoms with E-state index in [0.717, 1.165) is 4.57 Å².